The highest BCUT2D eigenvalue weighted by molar-refractivity contribution is 6.16. The molecule has 0 fully saturated rings. The number of nitrogens with one attached hydrogen (secondary N) is 1. The molecule has 6 rings (SSSR count). The summed E-state index contributed by atoms with van der Waals surface area (Å²) in [4.78, 5) is 0. The molecule has 0 atom stereocenters. The van der Waals surface area contributed by atoms with Crippen molar-refractivity contribution in [2.24, 2.45) is 5.73 Å². The van der Waals surface area contributed by atoms with E-state index >= 15 is 0 Å². The van der Waals surface area contributed by atoms with Gasteiger partial charge in [-0.25, -0.2) is 0 Å². The van der Waals surface area contributed by atoms with Crippen molar-refractivity contribution in [2.45, 2.75) is 6.42 Å². The minimum absolute atomic E-state index is 0.668. The third-order valence-corrected chi connectivity index (χ3v) is 6.82. The lowest BCUT2D eigenvalue weighted by atomic mass is 10.0. The van der Waals surface area contributed by atoms with Crippen LogP contribution < -0.4 is 11.1 Å². The summed E-state index contributed by atoms with van der Waals surface area (Å²) < 4.78 is 2.18. The van der Waals surface area contributed by atoms with Crippen molar-refractivity contribution >= 4 is 39.0 Å². The van der Waals surface area contributed by atoms with Gasteiger partial charge in [0.1, 0.15) is 5.82 Å². The summed E-state index contributed by atoms with van der Waals surface area (Å²) in [7, 11) is 0. The highest BCUT2D eigenvalue weighted by atomic mass is 15.1. The van der Waals surface area contributed by atoms with E-state index in [0.717, 1.165) is 45.3 Å². The third kappa shape index (κ3) is 4.58. The number of hydrogen-bond donors (Lipinski definition) is 2. The molecule has 0 aliphatic heterocycles. The van der Waals surface area contributed by atoms with E-state index in [1.54, 1.807) is 0 Å². The summed E-state index contributed by atoms with van der Waals surface area (Å²) in [5, 5.41) is 6.06. The molecule has 1 heterocycles. The number of nitrogens with zero attached hydrogens (tertiary/aromatic N) is 1. The lowest BCUT2D eigenvalue weighted by Gasteiger charge is -2.17. The van der Waals surface area contributed by atoms with Gasteiger partial charge in [0, 0.05) is 22.0 Å². The van der Waals surface area contributed by atoms with Crippen molar-refractivity contribution in [3.8, 4) is 11.1 Å². The van der Waals surface area contributed by atoms with Crippen LogP contribution in [0.4, 0.5) is 11.4 Å². The molecule has 3 nitrogen and oxygen atoms in total. The van der Waals surface area contributed by atoms with Crippen LogP contribution >= 0.6 is 0 Å². The van der Waals surface area contributed by atoms with Crippen molar-refractivity contribution in [1.82, 2.24) is 4.57 Å². The predicted molar refractivity (Wildman–Crippen MR) is 162 cm³/mol. The van der Waals surface area contributed by atoms with E-state index in [4.69, 9.17) is 5.73 Å². The Balaban J connectivity index is 1.55. The van der Waals surface area contributed by atoms with Crippen molar-refractivity contribution in [3.05, 3.63) is 151 Å². The zero-order valence-corrected chi connectivity index (χ0v) is 21.1. The van der Waals surface area contributed by atoms with Gasteiger partial charge in [-0.05, 0) is 41.8 Å². The van der Waals surface area contributed by atoms with Crippen LogP contribution in [-0.4, -0.2) is 4.57 Å². The van der Waals surface area contributed by atoms with Gasteiger partial charge in [0.15, 0.2) is 0 Å². The molecule has 1 aromatic heterocycles. The second kappa shape index (κ2) is 10.5. The van der Waals surface area contributed by atoms with Gasteiger partial charge in [-0.15, -0.1) is 0 Å². The first-order valence-corrected chi connectivity index (χ1v) is 12.9. The molecule has 0 radical (unpaired) electrons. The van der Waals surface area contributed by atoms with Gasteiger partial charge >= 0.3 is 0 Å². The molecule has 0 unspecified atom stereocenters. The Morgan fingerprint density at radius 2 is 1.34 bits per heavy atom. The topological polar surface area (TPSA) is 43.0 Å². The van der Waals surface area contributed by atoms with Crippen molar-refractivity contribution in [2.75, 3.05) is 5.32 Å². The molecule has 5 aromatic carbocycles. The van der Waals surface area contributed by atoms with E-state index in [2.05, 4.69) is 113 Å². The summed E-state index contributed by atoms with van der Waals surface area (Å²) in [5.74, 6) is 0.668. The first kappa shape index (κ1) is 23.4. The molecule has 6 aromatic rings. The number of fused-ring (bicyclic) bond motifs is 3. The molecule has 184 valence electrons. The first-order valence-electron chi connectivity index (χ1n) is 12.9. The van der Waals surface area contributed by atoms with E-state index < -0.39 is 0 Å². The fourth-order valence-corrected chi connectivity index (χ4v) is 5.04. The maximum atomic E-state index is 6.85. The summed E-state index contributed by atoms with van der Waals surface area (Å²) >= 11 is 0. The van der Waals surface area contributed by atoms with Crippen LogP contribution in [0.25, 0.3) is 38.8 Å². The number of benzene rings is 5. The minimum atomic E-state index is 0.668. The van der Waals surface area contributed by atoms with Crippen molar-refractivity contribution in [1.29, 1.82) is 0 Å². The number of para-hydroxylation sites is 2. The largest absolute Gasteiger partial charge is 0.385 e. The van der Waals surface area contributed by atoms with Crippen LogP contribution in [0.3, 0.4) is 0 Å². The molecule has 0 aliphatic rings. The monoisotopic (exact) mass is 491 g/mol. The highest BCUT2D eigenvalue weighted by Crippen LogP contribution is 2.42. The molecule has 0 bridgehead atoms. The molecule has 0 saturated heterocycles. The lowest BCUT2D eigenvalue weighted by Crippen LogP contribution is -2.07. The molecule has 0 amide bonds. The Labute approximate surface area is 223 Å². The average Bonchev–Trinajstić information content (AvgIpc) is 3.32. The Morgan fingerprint density at radius 1 is 0.684 bits per heavy atom. The Hall–Kier alpha value is -5.02. The molecule has 3 heteroatoms. The fourth-order valence-electron chi connectivity index (χ4n) is 5.04. The van der Waals surface area contributed by atoms with Crippen LogP contribution in [0, 0.1) is 0 Å². The maximum Gasteiger partial charge on any atom is 0.108 e. The van der Waals surface area contributed by atoms with E-state index in [1.807, 2.05) is 42.5 Å². The van der Waals surface area contributed by atoms with E-state index in [0.29, 0.717) is 5.82 Å². The van der Waals surface area contributed by atoms with Gasteiger partial charge < -0.3 is 11.1 Å². The van der Waals surface area contributed by atoms with Gasteiger partial charge in [-0.1, -0.05) is 121 Å². The molecular weight excluding hydrogens is 462 g/mol. The Bertz CT molecular complexity index is 1750. The van der Waals surface area contributed by atoms with Crippen LogP contribution in [0.1, 0.15) is 5.56 Å². The van der Waals surface area contributed by atoms with Crippen LogP contribution in [0.15, 0.2) is 146 Å². The third-order valence-electron chi connectivity index (χ3n) is 6.82. The number of allylic oxidation sites excluding steroid dienone is 3. The zero-order chi connectivity index (χ0) is 25.7. The van der Waals surface area contributed by atoms with Gasteiger partial charge in [0.25, 0.3) is 0 Å². The van der Waals surface area contributed by atoms with Crippen LogP contribution in [0.2, 0.25) is 0 Å². The van der Waals surface area contributed by atoms with Gasteiger partial charge in [-0.2, -0.15) is 0 Å². The molecule has 38 heavy (non-hydrogen) atoms. The maximum absolute atomic E-state index is 6.85. The smallest absolute Gasteiger partial charge is 0.108 e. The second-order valence-electron chi connectivity index (χ2n) is 9.30. The summed E-state index contributed by atoms with van der Waals surface area (Å²) in [6.45, 7) is 0. The summed E-state index contributed by atoms with van der Waals surface area (Å²) in [6.07, 6.45) is 7.05. The molecule has 0 aliphatic carbocycles. The SMILES string of the molecule is N/C(=C\C=C/Cc1ccccc1)n1c2ccccc2c2ccc(-c3ccccc3)c(Nc3ccccc3)c21. The molecule has 0 saturated carbocycles. The van der Waals surface area contributed by atoms with E-state index in [9.17, 15) is 0 Å². The second-order valence-corrected chi connectivity index (χ2v) is 9.30. The number of aromatic nitrogens is 1. The van der Waals surface area contributed by atoms with E-state index in [-0.39, 0.29) is 0 Å². The lowest BCUT2D eigenvalue weighted by molar-refractivity contribution is 1.17. The first-order chi connectivity index (χ1) is 18.8. The summed E-state index contributed by atoms with van der Waals surface area (Å²) in [5.41, 5.74) is 14.6. The summed E-state index contributed by atoms with van der Waals surface area (Å²) in [6, 6.07) is 44.1. The quantitative estimate of drug-likeness (QED) is 0.219. The normalized spacial score (nSPS) is 11.9. The Kier molecular flexibility index (Phi) is 6.48. The van der Waals surface area contributed by atoms with Crippen LogP contribution in [-0.2, 0) is 6.42 Å². The van der Waals surface area contributed by atoms with Crippen molar-refractivity contribution in [3.63, 3.8) is 0 Å². The Morgan fingerprint density at radius 3 is 2.11 bits per heavy atom. The minimum Gasteiger partial charge on any atom is -0.385 e. The van der Waals surface area contributed by atoms with Crippen LogP contribution in [0.5, 0.6) is 0 Å². The van der Waals surface area contributed by atoms with Gasteiger partial charge in [0.2, 0.25) is 0 Å². The predicted octanol–water partition coefficient (Wildman–Crippen LogP) is 8.76. The average molecular weight is 492 g/mol. The van der Waals surface area contributed by atoms with E-state index in [1.165, 1.54) is 10.9 Å². The van der Waals surface area contributed by atoms with Crippen molar-refractivity contribution < 1.29 is 0 Å². The number of hydrogen-bond acceptors (Lipinski definition) is 2. The standard InChI is InChI=1S/C35H29N3/c36-33(23-13-10-16-26-14-4-1-5-15-26)38-32-22-12-11-21-30(32)31-25-24-29(27-17-6-2-7-18-27)34(35(31)38)37-28-19-8-3-9-20-28/h1-15,17-25,37H,16,36H2/b13-10-,33-23+. The van der Waals surface area contributed by atoms with Gasteiger partial charge in [-0.3, -0.25) is 4.57 Å². The van der Waals surface area contributed by atoms with Gasteiger partial charge in [0.05, 0.1) is 16.7 Å². The number of nitrogens with two attached hydrogens (primary N) is 1. The zero-order valence-electron chi connectivity index (χ0n) is 21.1. The number of rotatable bonds is 7. The fraction of sp³-hybridized carbons (Fsp3) is 0.0286. The molecular formula is C35H29N3. The number of anilines is 2. The highest BCUT2D eigenvalue weighted by Gasteiger charge is 2.19. The molecule has 3 N–H and O–H groups in total. The molecule has 0 spiro atoms.